The van der Waals surface area contributed by atoms with E-state index in [9.17, 15) is 8.42 Å². The third-order valence-electron chi connectivity index (χ3n) is 2.15. The van der Waals surface area contributed by atoms with Crippen molar-refractivity contribution in [2.45, 2.75) is 18.2 Å². The molecule has 1 rings (SSSR count). The fourth-order valence-electron chi connectivity index (χ4n) is 1.18. The molecule has 84 valence electrons. The first-order valence-corrected chi connectivity index (χ1v) is 6.42. The van der Waals surface area contributed by atoms with Gasteiger partial charge in [-0.2, -0.15) is 5.26 Å². The van der Waals surface area contributed by atoms with E-state index in [1.54, 1.807) is 13.0 Å². The largest absolute Gasteiger partial charge is 0.219 e. The Balaban J connectivity index is 3.53. The summed E-state index contributed by atoms with van der Waals surface area (Å²) in [6.07, 6.45) is 0.305. The zero-order valence-corrected chi connectivity index (χ0v) is 10.3. The molecule has 16 heavy (non-hydrogen) atoms. The SMILES string of the molecule is C=C(CC)S(=O)(=O)c1cccc(Cl)c1C#N. The van der Waals surface area contributed by atoms with Crippen molar-refractivity contribution in [3.8, 4) is 6.07 Å². The van der Waals surface area contributed by atoms with Crippen LogP contribution in [0, 0.1) is 11.3 Å². The van der Waals surface area contributed by atoms with Gasteiger partial charge in [0, 0.05) is 4.91 Å². The molecule has 0 aliphatic rings. The number of nitriles is 1. The van der Waals surface area contributed by atoms with Crippen molar-refractivity contribution < 1.29 is 8.42 Å². The Morgan fingerprint density at radius 3 is 2.69 bits per heavy atom. The minimum absolute atomic E-state index is 0.0289. The number of sulfone groups is 1. The van der Waals surface area contributed by atoms with Crippen LogP contribution in [-0.4, -0.2) is 8.42 Å². The summed E-state index contributed by atoms with van der Waals surface area (Å²) in [7, 11) is -3.66. The van der Waals surface area contributed by atoms with Gasteiger partial charge >= 0.3 is 0 Å². The molecule has 5 heteroatoms. The highest BCUT2D eigenvalue weighted by molar-refractivity contribution is 7.95. The van der Waals surface area contributed by atoms with Crippen LogP contribution in [0.15, 0.2) is 34.6 Å². The smallest absolute Gasteiger partial charge is 0.203 e. The van der Waals surface area contributed by atoms with Gasteiger partial charge in [0.15, 0.2) is 0 Å². The van der Waals surface area contributed by atoms with Crippen LogP contribution in [0.1, 0.15) is 18.9 Å². The molecule has 0 bridgehead atoms. The molecule has 0 saturated heterocycles. The Morgan fingerprint density at radius 1 is 1.56 bits per heavy atom. The van der Waals surface area contributed by atoms with E-state index in [1.807, 2.05) is 0 Å². The fraction of sp³-hybridized carbons (Fsp3) is 0.182. The molecule has 0 unspecified atom stereocenters. The first-order valence-electron chi connectivity index (χ1n) is 4.56. The Labute approximate surface area is 99.9 Å². The maximum absolute atomic E-state index is 12.0. The summed E-state index contributed by atoms with van der Waals surface area (Å²) in [6.45, 7) is 5.18. The van der Waals surface area contributed by atoms with E-state index < -0.39 is 9.84 Å². The van der Waals surface area contributed by atoms with Crippen molar-refractivity contribution in [3.05, 3.63) is 40.3 Å². The zero-order chi connectivity index (χ0) is 12.3. The summed E-state index contributed by atoms with van der Waals surface area (Å²) >= 11 is 5.77. The molecule has 0 aliphatic carbocycles. The van der Waals surface area contributed by atoms with Crippen molar-refractivity contribution in [2.24, 2.45) is 0 Å². The molecule has 0 aromatic heterocycles. The summed E-state index contributed by atoms with van der Waals surface area (Å²) in [5.41, 5.74) is -0.0289. The van der Waals surface area contributed by atoms with E-state index in [0.717, 1.165) is 0 Å². The minimum Gasteiger partial charge on any atom is -0.219 e. The highest BCUT2D eigenvalue weighted by Gasteiger charge is 2.22. The predicted octanol–water partition coefficient (Wildman–Crippen LogP) is 2.91. The van der Waals surface area contributed by atoms with E-state index in [2.05, 4.69) is 6.58 Å². The summed E-state index contributed by atoms with van der Waals surface area (Å²) in [6, 6.07) is 6.14. The van der Waals surface area contributed by atoms with Crippen LogP contribution in [0.25, 0.3) is 0 Å². The van der Waals surface area contributed by atoms with E-state index >= 15 is 0 Å². The highest BCUT2D eigenvalue weighted by Crippen LogP contribution is 2.27. The van der Waals surface area contributed by atoms with Crippen molar-refractivity contribution in [1.82, 2.24) is 0 Å². The number of halogens is 1. The number of hydrogen-bond donors (Lipinski definition) is 0. The first-order chi connectivity index (χ1) is 7.45. The number of allylic oxidation sites excluding steroid dienone is 1. The van der Waals surface area contributed by atoms with Gasteiger partial charge in [0.2, 0.25) is 9.84 Å². The standard InChI is InChI=1S/C11H10ClNO2S/c1-3-8(2)16(14,15)11-6-4-5-10(12)9(11)7-13/h4-6H,2-3H2,1H3. The molecule has 0 spiro atoms. The monoisotopic (exact) mass is 255 g/mol. The molecule has 0 radical (unpaired) electrons. The lowest BCUT2D eigenvalue weighted by molar-refractivity contribution is 0.600. The Kier molecular flexibility index (Phi) is 3.74. The van der Waals surface area contributed by atoms with Gasteiger partial charge in [0.1, 0.15) is 6.07 Å². The molecule has 0 amide bonds. The molecular formula is C11H10ClNO2S. The normalized spacial score (nSPS) is 10.8. The predicted molar refractivity (Wildman–Crippen MR) is 62.8 cm³/mol. The maximum atomic E-state index is 12.0. The van der Waals surface area contributed by atoms with E-state index in [4.69, 9.17) is 16.9 Å². The van der Waals surface area contributed by atoms with Crippen LogP contribution < -0.4 is 0 Å². The number of benzene rings is 1. The van der Waals surface area contributed by atoms with E-state index in [1.165, 1.54) is 18.2 Å². The molecule has 0 atom stereocenters. The highest BCUT2D eigenvalue weighted by atomic mass is 35.5. The number of rotatable bonds is 3. The third kappa shape index (κ3) is 2.11. The van der Waals surface area contributed by atoms with Gasteiger partial charge in [-0.05, 0) is 18.6 Å². The average molecular weight is 256 g/mol. The third-order valence-corrected chi connectivity index (χ3v) is 4.43. The molecule has 0 N–H and O–H groups in total. The van der Waals surface area contributed by atoms with Gasteiger partial charge < -0.3 is 0 Å². The van der Waals surface area contributed by atoms with Crippen LogP contribution in [0.5, 0.6) is 0 Å². The van der Waals surface area contributed by atoms with Gasteiger partial charge in [0.05, 0.1) is 15.5 Å². The molecule has 0 aliphatic heterocycles. The molecular weight excluding hydrogens is 246 g/mol. The van der Waals surface area contributed by atoms with Crippen LogP contribution in [-0.2, 0) is 9.84 Å². The average Bonchev–Trinajstić information content (AvgIpc) is 2.27. The second kappa shape index (κ2) is 4.69. The van der Waals surface area contributed by atoms with Gasteiger partial charge in [-0.3, -0.25) is 0 Å². The second-order valence-corrected chi connectivity index (χ2v) is 5.55. The second-order valence-electron chi connectivity index (χ2n) is 3.12. The summed E-state index contributed by atoms with van der Waals surface area (Å²) in [5, 5.41) is 9.02. The van der Waals surface area contributed by atoms with Crippen molar-refractivity contribution in [3.63, 3.8) is 0 Å². The quantitative estimate of drug-likeness (QED) is 0.834. The van der Waals surface area contributed by atoms with Crippen LogP contribution in [0.2, 0.25) is 5.02 Å². The van der Waals surface area contributed by atoms with Crippen LogP contribution in [0.4, 0.5) is 0 Å². The van der Waals surface area contributed by atoms with Crippen molar-refractivity contribution >= 4 is 21.4 Å². The molecule has 3 nitrogen and oxygen atoms in total. The van der Waals surface area contributed by atoms with Gasteiger partial charge in [-0.15, -0.1) is 0 Å². The molecule has 0 saturated carbocycles. The van der Waals surface area contributed by atoms with E-state index in [0.29, 0.717) is 6.42 Å². The van der Waals surface area contributed by atoms with Crippen LogP contribution in [0.3, 0.4) is 0 Å². The molecule has 1 aromatic carbocycles. The summed E-state index contributed by atoms with van der Waals surface area (Å²) < 4.78 is 24.0. The lowest BCUT2D eigenvalue weighted by atomic mass is 10.2. The number of hydrogen-bond acceptors (Lipinski definition) is 3. The summed E-state index contributed by atoms with van der Waals surface area (Å²) in [5.74, 6) is 0. The minimum atomic E-state index is -3.66. The first kappa shape index (κ1) is 12.8. The number of nitrogens with zero attached hydrogens (tertiary/aromatic N) is 1. The van der Waals surface area contributed by atoms with Gasteiger partial charge in [-0.1, -0.05) is 31.2 Å². The van der Waals surface area contributed by atoms with Gasteiger partial charge in [0.25, 0.3) is 0 Å². The zero-order valence-electron chi connectivity index (χ0n) is 8.70. The maximum Gasteiger partial charge on any atom is 0.203 e. The Hall–Kier alpha value is -1.31. The molecule has 1 aromatic rings. The lowest BCUT2D eigenvalue weighted by Gasteiger charge is -2.07. The fourth-order valence-corrected chi connectivity index (χ4v) is 2.83. The summed E-state index contributed by atoms with van der Waals surface area (Å²) in [4.78, 5) is 0.000571. The Morgan fingerprint density at radius 2 is 2.19 bits per heavy atom. The molecule has 0 heterocycles. The van der Waals surface area contributed by atoms with Crippen molar-refractivity contribution in [2.75, 3.05) is 0 Å². The lowest BCUT2D eigenvalue weighted by Crippen LogP contribution is -2.05. The van der Waals surface area contributed by atoms with E-state index in [-0.39, 0.29) is 20.4 Å². The van der Waals surface area contributed by atoms with Gasteiger partial charge in [-0.25, -0.2) is 8.42 Å². The molecule has 0 fully saturated rings. The topological polar surface area (TPSA) is 57.9 Å². The Bertz CT molecular complexity index is 570. The van der Waals surface area contributed by atoms with Crippen LogP contribution >= 0.6 is 11.6 Å². The van der Waals surface area contributed by atoms with Crippen molar-refractivity contribution in [1.29, 1.82) is 5.26 Å².